The third-order valence-electron chi connectivity index (χ3n) is 5.33. The summed E-state index contributed by atoms with van der Waals surface area (Å²) in [6.07, 6.45) is -2.72. The van der Waals surface area contributed by atoms with E-state index in [1.54, 1.807) is 36.4 Å². The number of rotatable bonds is 10. The Morgan fingerprint density at radius 1 is 1.00 bits per heavy atom. The van der Waals surface area contributed by atoms with Crippen molar-refractivity contribution in [3.05, 3.63) is 95.3 Å². The monoisotopic (exact) mass is 493 g/mol. The van der Waals surface area contributed by atoms with Crippen molar-refractivity contribution in [2.75, 3.05) is 7.05 Å². The number of carbonyl (C=O) groups excluding carboxylic acids is 1. The van der Waals surface area contributed by atoms with Crippen molar-refractivity contribution >= 4 is 5.91 Å². The molecule has 2 unspecified atom stereocenters. The fourth-order valence-electron chi connectivity index (χ4n) is 3.62. The molecule has 0 fully saturated rings. The van der Waals surface area contributed by atoms with Crippen LogP contribution in [-0.4, -0.2) is 24.6 Å². The zero-order valence-electron chi connectivity index (χ0n) is 18.7. The second-order valence-corrected chi connectivity index (χ2v) is 7.72. The van der Waals surface area contributed by atoms with E-state index in [1.165, 1.54) is 25.2 Å². The fourth-order valence-corrected chi connectivity index (χ4v) is 3.62. The molecule has 2 aromatic carbocycles. The minimum atomic E-state index is -4.54. The first-order chi connectivity index (χ1) is 16.7. The molecule has 35 heavy (non-hydrogen) atoms. The number of carbonyl (C=O) groups is 1. The van der Waals surface area contributed by atoms with Gasteiger partial charge in [0.2, 0.25) is 5.91 Å². The maximum absolute atomic E-state index is 12.8. The number of pyridine rings is 1. The molecule has 1 aromatic heterocycles. The first kappa shape index (κ1) is 26.1. The maximum Gasteiger partial charge on any atom is 0.433 e. The zero-order valence-corrected chi connectivity index (χ0v) is 18.7. The van der Waals surface area contributed by atoms with Gasteiger partial charge in [0, 0.05) is 19.3 Å². The second kappa shape index (κ2) is 11.7. The molecule has 1 amide bonds. The summed E-state index contributed by atoms with van der Waals surface area (Å²) >= 11 is 0. The normalized spacial score (nSPS) is 13.3. The molecule has 0 aliphatic carbocycles. The van der Waals surface area contributed by atoms with Gasteiger partial charge in [0.25, 0.3) is 0 Å². The number of nitrogens with one attached hydrogen (secondary N) is 2. The highest BCUT2D eigenvalue weighted by Gasteiger charge is 2.32. The number of benzene rings is 2. The van der Waals surface area contributed by atoms with E-state index in [0.717, 1.165) is 12.3 Å². The van der Waals surface area contributed by atoms with Gasteiger partial charge in [0.15, 0.2) is 0 Å². The topological polar surface area (TPSA) is 63.2 Å². The Labute approximate surface area is 199 Å². The van der Waals surface area contributed by atoms with Crippen molar-refractivity contribution in [2.24, 2.45) is 0 Å². The van der Waals surface area contributed by atoms with Gasteiger partial charge in [-0.15, -0.1) is 0 Å². The summed E-state index contributed by atoms with van der Waals surface area (Å²) in [6.45, 7) is -3.00. The number of amides is 1. The Morgan fingerprint density at radius 2 is 1.71 bits per heavy atom. The summed E-state index contributed by atoms with van der Waals surface area (Å²) < 4.78 is 68.5. The van der Waals surface area contributed by atoms with E-state index in [0.29, 0.717) is 29.5 Å². The van der Waals surface area contributed by atoms with Crippen molar-refractivity contribution in [2.45, 2.75) is 37.7 Å². The number of hydrogen-bond donors (Lipinski definition) is 2. The van der Waals surface area contributed by atoms with Crippen LogP contribution < -0.4 is 15.4 Å². The third-order valence-corrected chi connectivity index (χ3v) is 5.33. The lowest BCUT2D eigenvalue weighted by Crippen LogP contribution is -2.38. The fraction of sp³-hybridized carbons (Fsp3) is 0.280. The van der Waals surface area contributed by atoms with Crippen LogP contribution in [0.4, 0.5) is 22.0 Å². The number of ether oxygens (including phenoxy) is 1. The van der Waals surface area contributed by atoms with E-state index in [4.69, 9.17) is 0 Å². The maximum atomic E-state index is 12.8. The Hall–Kier alpha value is -3.53. The molecule has 0 aliphatic heterocycles. The third kappa shape index (κ3) is 7.48. The molecule has 2 N–H and O–H groups in total. The minimum Gasteiger partial charge on any atom is -0.435 e. The lowest BCUT2D eigenvalue weighted by atomic mass is 9.96. The Kier molecular flexibility index (Phi) is 8.75. The van der Waals surface area contributed by atoms with Crippen LogP contribution in [0.15, 0.2) is 72.9 Å². The van der Waals surface area contributed by atoms with Crippen LogP contribution in [0.25, 0.3) is 0 Å². The average molecular weight is 493 g/mol. The zero-order chi connectivity index (χ0) is 25.4. The van der Waals surface area contributed by atoms with Gasteiger partial charge in [0.1, 0.15) is 17.5 Å². The molecule has 5 nitrogen and oxygen atoms in total. The van der Waals surface area contributed by atoms with Crippen LogP contribution in [-0.2, 0) is 17.4 Å². The quantitative estimate of drug-likeness (QED) is 0.369. The largest absolute Gasteiger partial charge is 0.435 e. The van der Waals surface area contributed by atoms with Crippen LogP contribution in [0.1, 0.15) is 40.9 Å². The Balaban J connectivity index is 1.88. The molecule has 3 rings (SSSR count). The first-order valence-corrected chi connectivity index (χ1v) is 10.8. The summed E-state index contributed by atoms with van der Waals surface area (Å²) in [6, 6.07) is 16.0. The van der Waals surface area contributed by atoms with E-state index in [-0.39, 0.29) is 11.7 Å². The molecule has 0 radical (unpaired) electrons. The van der Waals surface area contributed by atoms with Crippen molar-refractivity contribution in [1.82, 2.24) is 15.6 Å². The number of likely N-dealkylation sites (N-methyl/N-ethyl adjacent to an activating group) is 1. The van der Waals surface area contributed by atoms with Gasteiger partial charge in [-0.3, -0.25) is 15.1 Å². The average Bonchev–Trinajstić information content (AvgIpc) is 2.84. The highest BCUT2D eigenvalue weighted by Crippen LogP contribution is 2.29. The number of nitrogens with zero attached hydrogens (tertiary/aromatic N) is 1. The van der Waals surface area contributed by atoms with Crippen molar-refractivity contribution in [3.63, 3.8) is 0 Å². The number of hydrogen-bond acceptors (Lipinski definition) is 4. The lowest BCUT2D eigenvalue weighted by Gasteiger charge is -2.26. The number of aryl methyl sites for hydroxylation is 1. The summed E-state index contributed by atoms with van der Waals surface area (Å²) in [5, 5.41) is 5.88. The van der Waals surface area contributed by atoms with Gasteiger partial charge in [-0.05, 0) is 47.7 Å². The molecule has 0 spiro atoms. The van der Waals surface area contributed by atoms with Crippen LogP contribution in [0.3, 0.4) is 0 Å². The van der Waals surface area contributed by atoms with Crippen molar-refractivity contribution < 1.29 is 31.5 Å². The van der Waals surface area contributed by atoms with Gasteiger partial charge < -0.3 is 10.1 Å². The molecule has 2 atom stereocenters. The van der Waals surface area contributed by atoms with E-state index in [9.17, 15) is 26.7 Å². The van der Waals surface area contributed by atoms with Crippen LogP contribution >= 0.6 is 0 Å². The molecule has 1 heterocycles. The second-order valence-electron chi connectivity index (χ2n) is 7.72. The molecular formula is C25H24F5N3O2. The highest BCUT2D eigenvalue weighted by atomic mass is 19.4. The van der Waals surface area contributed by atoms with Crippen molar-refractivity contribution in [1.29, 1.82) is 0 Å². The van der Waals surface area contributed by atoms with Gasteiger partial charge >= 0.3 is 12.8 Å². The van der Waals surface area contributed by atoms with Gasteiger partial charge in [0.05, 0.1) is 0 Å². The Morgan fingerprint density at radius 3 is 2.31 bits per heavy atom. The van der Waals surface area contributed by atoms with E-state index in [1.807, 2.05) is 6.07 Å². The SMILES string of the molecule is CNC(=O)C(NC(CCc1ccc(C(F)(F)F)nc1)c1cccc(OC(F)F)c1)c1ccccc1. The first-order valence-electron chi connectivity index (χ1n) is 10.8. The van der Waals surface area contributed by atoms with Crippen molar-refractivity contribution in [3.8, 4) is 5.75 Å². The van der Waals surface area contributed by atoms with E-state index < -0.39 is 30.6 Å². The van der Waals surface area contributed by atoms with Crippen LogP contribution in [0.5, 0.6) is 5.75 Å². The number of alkyl halides is 5. The minimum absolute atomic E-state index is 0.0447. The molecular weight excluding hydrogens is 469 g/mol. The summed E-state index contributed by atoms with van der Waals surface area (Å²) in [5.41, 5.74) is 0.832. The van der Waals surface area contributed by atoms with Crippen LogP contribution in [0, 0.1) is 0 Å². The molecule has 10 heteroatoms. The van der Waals surface area contributed by atoms with E-state index in [2.05, 4.69) is 20.4 Å². The number of halogens is 5. The number of aromatic nitrogens is 1. The summed E-state index contributed by atoms with van der Waals surface area (Å²) in [5.74, 6) is -0.353. The molecule has 0 bridgehead atoms. The van der Waals surface area contributed by atoms with Crippen LogP contribution in [0.2, 0.25) is 0 Å². The summed E-state index contributed by atoms with van der Waals surface area (Å²) in [4.78, 5) is 16.2. The highest BCUT2D eigenvalue weighted by molar-refractivity contribution is 5.83. The predicted octanol–water partition coefficient (Wildman–Crippen LogP) is 5.45. The summed E-state index contributed by atoms with van der Waals surface area (Å²) in [7, 11) is 1.50. The van der Waals surface area contributed by atoms with E-state index >= 15 is 0 Å². The molecule has 0 saturated carbocycles. The smallest absolute Gasteiger partial charge is 0.433 e. The molecule has 3 aromatic rings. The predicted molar refractivity (Wildman–Crippen MR) is 120 cm³/mol. The standard InChI is InChI=1S/C25H24F5N3O2/c1-31-23(34)22(17-6-3-2-4-7-17)33-20(18-8-5-9-19(14-18)35-24(26)27)12-10-16-11-13-21(32-15-16)25(28,29)30/h2-9,11,13-15,20,22,24,33H,10,12H2,1H3,(H,31,34). The van der Waals surface area contributed by atoms with Gasteiger partial charge in [-0.25, -0.2) is 0 Å². The molecule has 186 valence electrons. The lowest BCUT2D eigenvalue weighted by molar-refractivity contribution is -0.141. The Bertz CT molecular complexity index is 1090. The molecule has 0 saturated heterocycles. The molecule has 0 aliphatic rings. The van der Waals surface area contributed by atoms with Gasteiger partial charge in [-0.1, -0.05) is 48.5 Å². The van der Waals surface area contributed by atoms with Gasteiger partial charge in [-0.2, -0.15) is 22.0 Å².